The Morgan fingerprint density at radius 1 is 1.00 bits per heavy atom. The standard InChI is InChI=1S/N3S3/c1-4-2-6-3-5-1. The van der Waals surface area contributed by atoms with E-state index in [1.165, 1.54) is 35.6 Å². The van der Waals surface area contributed by atoms with Crippen molar-refractivity contribution in [2.75, 3.05) is 0 Å². The van der Waals surface area contributed by atoms with E-state index in [0.717, 1.165) is 0 Å². The minimum Gasteiger partial charge on any atom is -0.121 e. The predicted molar refractivity (Wildman–Crippen MR) is 29.5 cm³/mol. The Kier molecular flexibility index (Phi) is 2.02. The first-order chi connectivity index (χ1) is 3.00. The topological polar surface area (TPSA) is 38.8 Å². The van der Waals surface area contributed by atoms with Crippen molar-refractivity contribution in [2.24, 2.45) is 7.54 Å². The summed E-state index contributed by atoms with van der Waals surface area (Å²) in [7, 11) is 0. The molecular formula is N3S3. The molecule has 0 fully saturated rings. The Morgan fingerprint density at radius 3 is 1.83 bits per heavy atom. The fourth-order valence-corrected chi connectivity index (χ4v) is 1.50. The molecule has 1 aliphatic rings. The highest BCUT2D eigenvalue weighted by Gasteiger charge is 1.86. The van der Waals surface area contributed by atoms with E-state index in [0.29, 0.717) is 0 Å². The zero-order chi connectivity index (χ0) is 4.24. The molecule has 3 nitrogen and oxygen atoms in total. The lowest BCUT2D eigenvalue weighted by Gasteiger charge is -1.84. The molecule has 33 valence electrons. The fraction of sp³-hybridized carbons (Fsp3) is 0. The molecule has 1 radical (unpaired) electrons. The van der Waals surface area contributed by atoms with E-state index in [1.807, 2.05) is 0 Å². The van der Waals surface area contributed by atoms with Crippen molar-refractivity contribution < 1.29 is 0 Å². The molecule has 1 aliphatic heterocycles. The smallest absolute Gasteiger partial charge is 0.107 e. The normalized spacial score (nSPS) is 20.0. The van der Waals surface area contributed by atoms with Crippen LogP contribution >= 0.6 is 24.3 Å². The number of hydrogen-bond donors (Lipinski definition) is 0. The maximum absolute atomic E-state index is 3.66. The number of nitrogens with zero attached hydrogens (tertiary/aromatic N) is 3. The summed E-state index contributed by atoms with van der Waals surface area (Å²) in [4.78, 5) is 0. The van der Waals surface area contributed by atoms with Crippen LogP contribution in [0.1, 0.15) is 0 Å². The largest absolute Gasteiger partial charge is 0.121 e. The first kappa shape index (κ1) is 4.63. The van der Waals surface area contributed by atoms with Gasteiger partial charge in [-0.3, -0.25) is 0 Å². The van der Waals surface area contributed by atoms with E-state index < -0.39 is 0 Å². The van der Waals surface area contributed by atoms with Crippen molar-refractivity contribution in [1.82, 2.24) is 4.13 Å². The molecule has 6 heavy (non-hydrogen) atoms. The van der Waals surface area contributed by atoms with Crippen molar-refractivity contribution in [1.29, 1.82) is 0 Å². The van der Waals surface area contributed by atoms with E-state index in [2.05, 4.69) is 11.7 Å². The van der Waals surface area contributed by atoms with Gasteiger partial charge in [-0.25, -0.2) is 0 Å². The van der Waals surface area contributed by atoms with Crippen LogP contribution in [0, 0.1) is 0 Å². The highest BCUT2D eigenvalue weighted by Crippen LogP contribution is 2.11. The number of hydrogen-bond acceptors (Lipinski definition) is 4. The summed E-state index contributed by atoms with van der Waals surface area (Å²) in [5.74, 6) is 0. The Balaban J connectivity index is 2.53. The third-order valence-electron chi connectivity index (χ3n) is 0.200. The molecule has 0 spiro atoms. The summed E-state index contributed by atoms with van der Waals surface area (Å²) < 4.78 is 11.0. The molecule has 1 heterocycles. The van der Waals surface area contributed by atoms with Crippen molar-refractivity contribution in [3.8, 4) is 0 Å². The first-order valence-corrected chi connectivity index (χ1v) is 3.29. The van der Waals surface area contributed by atoms with Crippen LogP contribution in [-0.4, -0.2) is 0 Å². The molecule has 1 rings (SSSR count). The second-order valence-corrected chi connectivity index (χ2v) is 2.75. The van der Waals surface area contributed by atoms with Crippen LogP contribution in [0.4, 0.5) is 0 Å². The SMILES string of the molecule is [N]1SN=S=NS1. The molecule has 0 saturated carbocycles. The Bertz CT molecular complexity index is 82.2. The number of rotatable bonds is 0. The van der Waals surface area contributed by atoms with Gasteiger partial charge >= 0.3 is 0 Å². The molecular weight excluding hydrogens is 138 g/mol. The minimum absolute atomic E-state index is 1.18. The molecule has 0 atom stereocenters. The van der Waals surface area contributed by atoms with Gasteiger partial charge in [0.05, 0.1) is 11.4 Å². The summed E-state index contributed by atoms with van der Waals surface area (Å²) >= 11 is 3.53. The third-order valence-corrected chi connectivity index (χ3v) is 1.80. The fourth-order valence-electron chi connectivity index (χ4n) is 0.0855. The van der Waals surface area contributed by atoms with Crippen LogP contribution in [0.15, 0.2) is 7.54 Å². The van der Waals surface area contributed by atoms with Gasteiger partial charge in [0.2, 0.25) is 0 Å². The molecule has 0 saturated heterocycles. The van der Waals surface area contributed by atoms with Crippen LogP contribution in [0.2, 0.25) is 0 Å². The maximum atomic E-state index is 3.66. The van der Waals surface area contributed by atoms with Gasteiger partial charge in [-0.1, -0.05) is 4.13 Å². The average Bonchev–Trinajstić information content (AvgIpc) is 1.72. The van der Waals surface area contributed by atoms with E-state index in [-0.39, 0.29) is 0 Å². The molecule has 0 bridgehead atoms. The van der Waals surface area contributed by atoms with Gasteiger partial charge in [-0.2, -0.15) is 0 Å². The molecule has 0 aromatic rings. The summed E-state index contributed by atoms with van der Waals surface area (Å²) in [5.41, 5.74) is 0. The summed E-state index contributed by atoms with van der Waals surface area (Å²) in [6, 6.07) is 0. The van der Waals surface area contributed by atoms with Crippen molar-refractivity contribution in [3.63, 3.8) is 0 Å². The lowest BCUT2D eigenvalue weighted by atomic mass is 13.8. The lowest BCUT2D eigenvalue weighted by Crippen LogP contribution is -1.72. The predicted octanol–water partition coefficient (Wildman–Crippen LogP) is 1.18. The molecule has 0 aliphatic carbocycles. The molecule has 0 aromatic heterocycles. The van der Waals surface area contributed by atoms with E-state index >= 15 is 0 Å². The zero-order valence-corrected chi connectivity index (χ0v) is 5.02. The monoisotopic (exact) mass is 138 g/mol. The van der Waals surface area contributed by atoms with Crippen LogP contribution in [0.3, 0.4) is 0 Å². The van der Waals surface area contributed by atoms with Gasteiger partial charge in [0, 0.05) is 0 Å². The first-order valence-electron chi connectivity index (χ1n) is 1.10. The quantitative estimate of drug-likeness (QED) is 0.471. The van der Waals surface area contributed by atoms with Gasteiger partial charge in [-0.15, -0.1) is 7.54 Å². The molecule has 0 amide bonds. The zero-order valence-electron chi connectivity index (χ0n) is 2.57. The summed E-state index contributed by atoms with van der Waals surface area (Å²) in [6.07, 6.45) is 0. The Labute approximate surface area is 47.7 Å². The van der Waals surface area contributed by atoms with E-state index in [1.54, 1.807) is 0 Å². The van der Waals surface area contributed by atoms with Crippen molar-refractivity contribution in [3.05, 3.63) is 0 Å². The maximum Gasteiger partial charge on any atom is 0.107 e. The van der Waals surface area contributed by atoms with Gasteiger partial charge in [0.1, 0.15) is 24.3 Å². The second-order valence-electron chi connectivity index (χ2n) is 0.469. The molecule has 0 N–H and O–H groups in total. The summed E-state index contributed by atoms with van der Waals surface area (Å²) in [6.45, 7) is 0. The molecule has 6 heteroatoms. The molecule has 0 unspecified atom stereocenters. The minimum atomic E-state index is 1.18. The van der Waals surface area contributed by atoms with Gasteiger partial charge < -0.3 is 0 Å². The van der Waals surface area contributed by atoms with Crippen LogP contribution in [0.25, 0.3) is 0 Å². The molecule has 0 aromatic carbocycles. The average molecular weight is 138 g/mol. The Hall–Kier alpha value is 0.480. The van der Waals surface area contributed by atoms with Crippen molar-refractivity contribution >= 4 is 35.6 Å². The van der Waals surface area contributed by atoms with Crippen LogP contribution in [0.5, 0.6) is 0 Å². The van der Waals surface area contributed by atoms with Crippen molar-refractivity contribution in [2.45, 2.75) is 0 Å². The van der Waals surface area contributed by atoms with Gasteiger partial charge in [0.25, 0.3) is 0 Å². The lowest BCUT2D eigenvalue weighted by molar-refractivity contribution is 1.66. The summed E-state index contributed by atoms with van der Waals surface area (Å²) in [5, 5.41) is 0. The van der Waals surface area contributed by atoms with Crippen LogP contribution < -0.4 is 4.13 Å². The van der Waals surface area contributed by atoms with E-state index in [9.17, 15) is 0 Å². The van der Waals surface area contributed by atoms with Gasteiger partial charge in [0.15, 0.2) is 0 Å². The van der Waals surface area contributed by atoms with Crippen LogP contribution in [-0.2, 0) is 11.4 Å². The second kappa shape index (κ2) is 2.62. The highest BCUT2D eigenvalue weighted by atomic mass is 32.3. The van der Waals surface area contributed by atoms with Gasteiger partial charge in [-0.05, 0) is 0 Å². The highest BCUT2D eigenvalue weighted by molar-refractivity contribution is 8.15. The third kappa shape index (κ3) is 1.29. The Morgan fingerprint density at radius 2 is 1.67 bits per heavy atom. The van der Waals surface area contributed by atoms with E-state index in [4.69, 9.17) is 0 Å².